The van der Waals surface area contributed by atoms with Crippen LogP contribution in [0.15, 0.2) is 24.3 Å². The van der Waals surface area contributed by atoms with Gasteiger partial charge in [0.05, 0.1) is 12.9 Å². The molecule has 0 radical (unpaired) electrons. The maximum atomic E-state index is 12.4. The fourth-order valence-corrected chi connectivity index (χ4v) is 7.92. The van der Waals surface area contributed by atoms with Crippen LogP contribution in [0.25, 0.3) is 0 Å². The Morgan fingerprint density at radius 2 is 1.73 bits per heavy atom. The number of hydrogen-bond acceptors (Lipinski definition) is 5. The number of hydrogen-bond donors (Lipinski definition) is 1. The Labute approximate surface area is 197 Å². The molecule has 0 aromatic heterocycles. The molecule has 2 bridgehead atoms. The molecule has 3 fully saturated rings. The van der Waals surface area contributed by atoms with E-state index in [0.717, 1.165) is 70.0 Å². The Morgan fingerprint density at radius 1 is 1.06 bits per heavy atom. The number of piperidine rings is 2. The minimum Gasteiger partial charge on any atom is -0.450 e. The SMILES string of the molecule is CCOC(=O)N1C2CCC1CC(N1CCC3(CC[C@H](NS(C)(=O)=O)c4ccccc43)CC1)C2. The van der Waals surface area contributed by atoms with E-state index in [0.29, 0.717) is 24.7 Å². The number of fused-ring (bicyclic) bond motifs is 4. The van der Waals surface area contributed by atoms with Gasteiger partial charge in [0.2, 0.25) is 10.0 Å². The van der Waals surface area contributed by atoms with Crippen LogP contribution in [-0.4, -0.2) is 68.4 Å². The Balaban J connectivity index is 1.27. The van der Waals surface area contributed by atoms with Gasteiger partial charge < -0.3 is 14.5 Å². The van der Waals surface area contributed by atoms with Gasteiger partial charge >= 0.3 is 6.09 Å². The van der Waals surface area contributed by atoms with Crippen molar-refractivity contribution in [2.75, 3.05) is 26.0 Å². The Kier molecular flexibility index (Phi) is 6.20. The summed E-state index contributed by atoms with van der Waals surface area (Å²) in [7, 11) is -3.25. The maximum Gasteiger partial charge on any atom is 0.410 e. The maximum absolute atomic E-state index is 12.4. The summed E-state index contributed by atoms with van der Waals surface area (Å²) in [5, 5.41) is 0. The normalized spacial score (nSPS) is 31.4. The van der Waals surface area contributed by atoms with E-state index in [9.17, 15) is 13.2 Å². The van der Waals surface area contributed by atoms with Gasteiger partial charge in [-0.3, -0.25) is 0 Å². The van der Waals surface area contributed by atoms with Crippen LogP contribution in [0.1, 0.15) is 75.5 Å². The van der Waals surface area contributed by atoms with Crippen LogP contribution in [0, 0.1) is 0 Å². The van der Waals surface area contributed by atoms with Gasteiger partial charge in [0.15, 0.2) is 0 Å². The molecule has 1 amide bonds. The van der Waals surface area contributed by atoms with Crippen LogP contribution in [-0.2, 0) is 20.2 Å². The molecule has 3 atom stereocenters. The zero-order chi connectivity index (χ0) is 23.2. The summed E-state index contributed by atoms with van der Waals surface area (Å²) in [6.45, 7) is 4.46. The van der Waals surface area contributed by atoms with Crippen molar-refractivity contribution >= 4 is 16.1 Å². The van der Waals surface area contributed by atoms with Crippen molar-refractivity contribution in [1.29, 1.82) is 0 Å². The van der Waals surface area contributed by atoms with E-state index < -0.39 is 10.0 Å². The van der Waals surface area contributed by atoms with Crippen molar-refractivity contribution in [3.63, 3.8) is 0 Å². The van der Waals surface area contributed by atoms with Crippen LogP contribution in [0.5, 0.6) is 0 Å². The van der Waals surface area contributed by atoms with Crippen molar-refractivity contribution in [3.8, 4) is 0 Å². The molecule has 3 saturated heterocycles. The molecule has 3 aliphatic heterocycles. The largest absolute Gasteiger partial charge is 0.450 e. The lowest BCUT2D eigenvalue weighted by molar-refractivity contribution is 0.0248. The predicted octanol–water partition coefficient (Wildman–Crippen LogP) is 3.56. The monoisotopic (exact) mass is 475 g/mol. The first-order chi connectivity index (χ1) is 15.8. The fourth-order valence-electron chi connectivity index (χ4n) is 7.15. The number of amides is 1. The van der Waals surface area contributed by atoms with Gasteiger partial charge in [0.25, 0.3) is 0 Å². The first-order valence-electron chi connectivity index (χ1n) is 12.6. The quantitative estimate of drug-likeness (QED) is 0.720. The minimum atomic E-state index is -3.25. The number of nitrogens with zero attached hydrogens (tertiary/aromatic N) is 2. The number of likely N-dealkylation sites (tertiary alicyclic amines) is 1. The van der Waals surface area contributed by atoms with Gasteiger partial charge in [-0.15, -0.1) is 0 Å². The number of ether oxygens (including phenoxy) is 1. The summed E-state index contributed by atoms with van der Waals surface area (Å²) < 4.78 is 32.0. The van der Waals surface area contributed by atoms with E-state index in [-0.39, 0.29) is 17.6 Å². The standard InChI is InChI=1S/C25H37N3O4S/c1-3-32-24(29)28-18-8-9-19(28)17-20(16-18)27-14-12-25(13-15-27)11-10-23(26-33(2,30)31)21-6-4-5-7-22(21)25/h4-7,18-20,23,26H,3,8-17H2,1-2H3/t18?,19?,20?,23-/m0/s1. The van der Waals surface area contributed by atoms with Crippen molar-refractivity contribution in [2.24, 2.45) is 0 Å². The first kappa shape index (κ1) is 23.1. The van der Waals surface area contributed by atoms with Crippen LogP contribution >= 0.6 is 0 Å². The number of carbonyl (C=O) groups is 1. The van der Waals surface area contributed by atoms with E-state index >= 15 is 0 Å². The van der Waals surface area contributed by atoms with Gasteiger partial charge in [0, 0.05) is 24.2 Å². The molecule has 8 heteroatoms. The molecule has 0 saturated carbocycles. The molecule has 1 spiro atoms. The predicted molar refractivity (Wildman–Crippen MR) is 128 cm³/mol. The van der Waals surface area contributed by atoms with E-state index in [1.54, 1.807) is 0 Å². The van der Waals surface area contributed by atoms with Crippen molar-refractivity contribution in [3.05, 3.63) is 35.4 Å². The average molecular weight is 476 g/mol. The Morgan fingerprint density at radius 3 is 2.36 bits per heavy atom. The van der Waals surface area contributed by atoms with E-state index in [2.05, 4.69) is 27.8 Å². The highest BCUT2D eigenvalue weighted by molar-refractivity contribution is 7.88. The van der Waals surface area contributed by atoms with Crippen molar-refractivity contribution in [2.45, 2.75) is 87.9 Å². The second kappa shape index (κ2) is 8.86. The molecule has 3 heterocycles. The third-order valence-electron chi connectivity index (χ3n) is 8.63. The second-order valence-electron chi connectivity index (χ2n) is 10.5. The highest BCUT2D eigenvalue weighted by Gasteiger charge is 2.48. The van der Waals surface area contributed by atoms with Gasteiger partial charge in [-0.05, 0) is 87.9 Å². The van der Waals surface area contributed by atoms with Gasteiger partial charge in [-0.1, -0.05) is 24.3 Å². The molecule has 2 unspecified atom stereocenters. The summed E-state index contributed by atoms with van der Waals surface area (Å²) in [6, 6.07) is 9.51. The fraction of sp³-hybridized carbons (Fsp3) is 0.720. The first-order valence-corrected chi connectivity index (χ1v) is 14.4. The smallest absolute Gasteiger partial charge is 0.410 e. The number of carbonyl (C=O) groups excluding carboxylic acids is 1. The van der Waals surface area contributed by atoms with Crippen molar-refractivity contribution < 1.29 is 17.9 Å². The molecule has 33 heavy (non-hydrogen) atoms. The third kappa shape index (κ3) is 4.42. The number of sulfonamides is 1. The highest BCUT2D eigenvalue weighted by atomic mass is 32.2. The molecule has 182 valence electrons. The lowest BCUT2D eigenvalue weighted by Crippen LogP contribution is -2.55. The van der Waals surface area contributed by atoms with Gasteiger partial charge in [-0.2, -0.15) is 0 Å². The van der Waals surface area contributed by atoms with Crippen LogP contribution < -0.4 is 4.72 Å². The Hall–Kier alpha value is -1.64. The minimum absolute atomic E-state index is 0.123. The number of nitrogens with one attached hydrogen (secondary N) is 1. The lowest BCUT2D eigenvalue weighted by atomic mass is 9.63. The van der Waals surface area contributed by atoms with E-state index in [1.807, 2.05) is 17.9 Å². The molecule has 1 N–H and O–H groups in total. The number of rotatable bonds is 4. The molecular weight excluding hydrogens is 438 g/mol. The van der Waals surface area contributed by atoms with E-state index in [1.165, 1.54) is 11.8 Å². The zero-order valence-corrected chi connectivity index (χ0v) is 20.6. The molecule has 1 aliphatic carbocycles. The van der Waals surface area contributed by atoms with Crippen LogP contribution in [0.2, 0.25) is 0 Å². The molecule has 7 nitrogen and oxygen atoms in total. The van der Waals surface area contributed by atoms with E-state index in [4.69, 9.17) is 4.74 Å². The summed E-state index contributed by atoms with van der Waals surface area (Å²) in [5.41, 5.74) is 2.64. The number of benzene rings is 1. The Bertz CT molecular complexity index is 975. The zero-order valence-electron chi connectivity index (χ0n) is 19.8. The van der Waals surface area contributed by atoms with Crippen LogP contribution in [0.4, 0.5) is 4.79 Å². The van der Waals surface area contributed by atoms with Crippen LogP contribution in [0.3, 0.4) is 0 Å². The average Bonchev–Trinajstić information content (AvgIpc) is 3.06. The lowest BCUT2D eigenvalue weighted by Gasteiger charge is -2.50. The molecular formula is C25H37N3O4S. The second-order valence-corrected chi connectivity index (χ2v) is 12.3. The summed E-state index contributed by atoms with van der Waals surface area (Å²) in [5.74, 6) is 0. The summed E-state index contributed by atoms with van der Waals surface area (Å²) in [6.07, 6.45) is 9.53. The summed E-state index contributed by atoms with van der Waals surface area (Å²) in [4.78, 5) is 17.1. The van der Waals surface area contributed by atoms with Gasteiger partial charge in [0.1, 0.15) is 0 Å². The molecule has 4 aliphatic rings. The molecule has 1 aromatic rings. The topological polar surface area (TPSA) is 79.0 Å². The van der Waals surface area contributed by atoms with Crippen molar-refractivity contribution in [1.82, 2.24) is 14.5 Å². The molecule has 1 aromatic carbocycles. The highest BCUT2D eigenvalue weighted by Crippen LogP contribution is 2.49. The van der Waals surface area contributed by atoms with Gasteiger partial charge in [-0.25, -0.2) is 17.9 Å². The third-order valence-corrected chi connectivity index (χ3v) is 9.35. The molecule has 5 rings (SSSR count). The summed E-state index contributed by atoms with van der Waals surface area (Å²) >= 11 is 0.